The molecule has 0 saturated heterocycles. The van der Waals surface area contributed by atoms with E-state index in [0.29, 0.717) is 0 Å². The summed E-state index contributed by atoms with van der Waals surface area (Å²) < 4.78 is 6.81. The van der Waals surface area contributed by atoms with Crippen molar-refractivity contribution in [1.29, 1.82) is 0 Å². The van der Waals surface area contributed by atoms with Crippen molar-refractivity contribution in [2.24, 2.45) is 0 Å². The number of hydrogen-bond donors (Lipinski definition) is 0. The summed E-state index contributed by atoms with van der Waals surface area (Å²) in [6.07, 6.45) is 0. The van der Waals surface area contributed by atoms with Crippen LogP contribution in [0.1, 0.15) is 22.3 Å². The SMILES string of the molecule is c1ccc(-c2ccc(N(c3ccccc3)c3ccc(-c4cc(-c5ccc6c(c5)C(c5ccccc5)(c5ccccc5)c5ccccc5-6)c5oc6ccccc6c5c4)cc3)cc2)cc1. The minimum atomic E-state index is -0.503. The second kappa shape index (κ2) is 15.1. The molecule has 0 amide bonds. The minimum Gasteiger partial charge on any atom is -0.455 e. The summed E-state index contributed by atoms with van der Waals surface area (Å²) in [7, 11) is 0. The number of fused-ring (bicyclic) bond motifs is 6. The molecule has 2 nitrogen and oxygen atoms in total. The average molecular weight is 804 g/mol. The molecule has 0 unspecified atom stereocenters. The fourth-order valence-electron chi connectivity index (χ4n) is 10.1. The largest absolute Gasteiger partial charge is 0.455 e. The zero-order valence-corrected chi connectivity index (χ0v) is 34.5. The minimum absolute atomic E-state index is 0.503. The van der Waals surface area contributed by atoms with E-state index in [0.717, 1.165) is 61.3 Å². The lowest BCUT2D eigenvalue weighted by atomic mass is 9.67. The lowest BCUT2D eigenvalue weighted by Crippen LogP contribution is -2.28. The summed E-state index contributed by atoms with van der Waals surface area (Å²) in [6.45, 7) is 0. The maximum atomic E-state index is 6.81. The quantitative estimate of drug-likeness (QED) is 0.152. The van der Waals surface area contributed by atoms with Crippen LogP contribution >= 0.6 is 0 Å². The molecule has 1 aromatic heterocycles. The Morgan fingerprint density at radius 2 is 0.794 bits per heavy atom. The lowest BCUT2D eigenvalue weighted by Gasteiger charge is -2.34. The van der Waals surface area contributed by atoms with Crippen LogP contribution in [0.25, 0.3) is 66.4 Å². The molecule has 0 aliphatic heterocycles. The molecule has 1 aliphatic carbocycles. The van der Waals surface area contributed by atoms with E-state index in [1.165, 1.54) is 44.5 Å². The predicted molar refractivity (Wildman–Crippen MR) is 262 cm³/mol. The Morgan fingerprint density at radius 3 is 1.46 bits per heavy atom. The van der Waals surface area contributed by atoms with Gasteiger partial charge in [0.2, 0.25) is 0 Å². The number of anilines is 3. The molecular formula is C61H41NO. The fourth-order valence-corrected chi connectivity index (χ4v) is 10.1. The molecule has 11 aromatic rings. The van der Waals surface area contributed by atoms with Gasteiger partial charge in [0.1, 0.15) is 11.2 Å². The molecule has 0 saturated carbocycles. The van der Waals surface area contributed by atoms with Gasteiger partial charge in [0.15, 0.2) is 0 Å². The van der Waals surface area contributed by atoms with Crippen LogP contribution in [-0.4, -0.2) is 0 Å². The number of para-hydroxylation sites is 2. The normalized spacial score (nSPS) is 12.6. The number of benzene rings is 10. The van der Waals surface area contributed by atoms with Crippen LogP contribution in [0.2, 0.25) is 0 Å². The van der Waals surface area contributed by atoms with Crippen LogP contribution in [-0.2, 0) is 5.41 Å². The van der Waals surface area contributed by atoms with Crippen LogP contribution in [0.15, 0.2) is 253 Å². The highest BCUT2D eigenvalue weighted by Gasteiger charge is 2.46. The molecule has 1 aliphatic rings. The molecule has 0 radical (unpaired) electrons. The van der Waals surface area contributed by atoms with E-state index in [1.54, 1.807) is 0 Å². The maximum Gasteiger partial charge on any atom is 0.143 e. The van der Waals surface area contributed by atoms with Crippen molar-refractivity contribution in [3.63, 3.8) is 0 Å². The van der Waals surface area contributed by atoms with Crippen LogP contribution in [0.4, 0.5) is 17.1 Å². The highest BCUT2D eigenvalue weighted by atomic mass is 16.3. The van der Waals surface area contributed by atoms with Crippen molar-refractivity contribution in [3.8, 4) is 44.5 Å². The first kappa shape index (κ1) is 36.6. The third-order valence-electron chi connectivity index (χ3n) is 13.0. The van der Waals surface area contributed by atoms with Gasteiger partial charge in [-0.25, -0.2) is 0 Å². The van der Waals surface area contributed by atoms with Gasteiger partial charge in [-0.05, 0) is 122 Å². The summed E-state index contributed by atoms with van der Waals surface area (Å²) in [5.41, 5.74) is 19.0. The topological polar surface area (TPSA) is 16.4 Å². The van der Waals surface area contributed by atoms with Gasteiger partial charge >= 0.3 is 0 Å². The molecule has 0 N–H and O–H groups in total. The van der Waals surface area contributed by atoms with Gasteiger partial charge in [-0.2, -0.15) is 0 Å². The molecule has 2 heteroatoms. The molecule has 63 heavy (non-hydrogen) atoms. The highest BCUT2D eigenvalue weighted by Crippen LogP contribution is 2.57. The third-order valence-corrected chi connectivity index (χ3v) is 13.0. The van der Waals surface area contributed by atoms with E-state index < -0.39 is 5.41 Å². The van der Waals surface area contributed by atoms with Crippen molar-refractivity contribution < 1.29 is 4.42 Å². The van der Waals surface area contributed by atoms with Crippen molar-refractivity contribution in [2.45, 2.75) is 5.41 Å². The van der Waals surface area contributed by atoms with Gasteiger partial charge < -0.3 is 9.32 Å². The zero-order chi connectivity index (χ0) is 41.7. The van der Waals surface area contributed by atoms with Crippen LogP contribution in [0.5, 0.6) is 0 Å². The van der Waals surface area contributed by atoms with Gasteiger partial charge in [0.05, 0.1) is 5.41 Å². The number of rotatable bonds is 8. The van der Waals surface area contributed by atoms with E-state index in [-0.39, 0.29) is 0 Å². The summed E-state index contributed by atoms with van der Waals surface area (Å²) in [6, 6.07) is 90.0. The Hall–Kier alpha value is -8.20. The molecular weight excluding hydrogens is 763 g/mol. The predicted octanol–water partition coefficient (Wildman–Crippen LogP) is 16.4. The standard InChI is InChI=1S/C61H41NO/c1-5-17-42(18-6-1)43-29-34-50(35-30-43)62(49-23-11-4-12-24-49)51-36-31-44(32-37-51)46-39-55(60-56(40-46)54-26-14-16-28-59(54)63-60)45-33-38-53-52-25-13-15-27-57(52)61(58(53)41-45,47-19-7-2-8-20-47)48-21-9-3-10-22-48/h1-41H. The first-order chi connectivity index (χ1) is 31.2. The van der Waals surface area contributed by atoms with Crippen molar-refractivity contribution in [3.05, 3.63) is 271 Å². The Balaban J connectivity index is 1.01. The molecule has 0 atom stereocenters. The van der Waals surface area contributed by atoms with Crippen LogP contribution in [0.3, 0.4) is 0 Å². The summed E-state index contributed by atoms with van der Waals surface area (Å²) >= 11 is 0. The molecule has 1 heterocycles. The van der Waals surface area contributed by atoms with Gasteiger partial charge in [-0.1, -0.05) is 188 Å². The summed E-state index contributed by atoms with van der Waals surface area (Å²) in [5, 5.41) is 2.21. The second-order valence-corrected chi connectivity index (χ2v) is 16.4. The zero-order valence-electron chi connectivity index (χ0n) is 34.5. The smallest absolute Gasteiger partial charge is 0.143 e. The Kier molecular flexibility index (Phi) is 8.76. The van der Waals surface area contributed by atoms with Gasteiger partial charge in [-0.3, -0.25) is 0 Å². The number of nitrogens with zero attached hydrogens (tertiary/aromatic N) is 1. The monoisotopic (exact) mass is 803 g/mol. The van der Waals surface area contributed by atoms with Crippen LogP contribution in [0, 0.1) is 0 Å². The van der Waals surface area contributed by atoms with E-state index >= 15 is 0 Å². The summed E-state index contributed by atoms with van der Waals surface area (Å²) in [5.74, 6) is 0. The van der Waals surface area contributed by atoms with Gasteiger partial charge in [0.25, 0.3) is 0 Å². The molecule has 296 valence electrons. The molecule has 0 fully saturated rings. The van der Waals surface area contributed by atoms with E-state index in [4.69, 9.17) is 4.42 Å². The van der Waals surface area contributed by atoms with E-state index in [1.807, 2.05) is 0 Å². The highest BCUT2D eigenvalue weighted by molar-refractivity contribution is 6.11. The number of furan rings is 1. The van der Waals surface area contributed by atoms with Gasteiger partial charge in [0, 0.05) is 33.4 Å². The fraction of sp³-hybridized carbons (Fsp3) is 0.0164. The molecule has 0 spiro atoms. The second-order valence-electron chi connectivity index (χ2n) is 16.4. The first-order valence-electron chi connectivity index (χ1n) is 21.7. The van der Waals surface area contributed by atoms with Crippen molar-refractivity contribution in [2.75, 3.05) is 4.90 Å². The molecule has 12 rings (SSSR count). The van der Waals surface area contributed by atoms with E-state index in [2.05, 4.69) is 254 Å². The van der Waals surface area contributed by atoms with E-state index in [9.17, 15) is 0 Å². The van der Waals surface area contributed by atoms with Crippen LogP contribution < -0.4 is 4.90 Å². The van der Waals surface area contributed by atoms with Gasteiger partial charge in [-0.15, -0.1) is 0 Å². The lowest BCUT2D eigenvalue weighted by molar-refractivity contribution is 0.670. The summed E-state index contributed by atoms with van der Waals surface area (Å²) in [4.78, 5) is 2.32. The Bertz CT molecular complexity index is 3370. The molecule has 0 bridgehead atoms. The Labute approximate surface area is 367 Å². The van der Waals surface area contributed by atoms with Crippen molar-refractivity contribution in [1.82, 2.24) is 0 Å². The maximum absolute atomic E-state index is 6.81. The average Bonchev–Trinajstić information content (AvgIpc) is 3.89. The van der Waals surface area contributed by atoms with Crippen molar-refractivity contribution >= 4 is 39.0 Å². The molecule has 10 aromatic carbocycles. The Morgan fingerprint density at radius 1 is 0.302 bits per heavy atom. The first-order valence-corrected chi connectivity index (χ1v) is 21.7. The third kappa shape index (κ3) is 6.02. The number of hydrogen-bond acceptors (Lipinski definition) is 2.